The Balaban J connectivity index is 2.09. The van der Waals surface area contributed by atoms with Gasteiger partial charge >= 0.3 is 0 Å². The normalized spacial score (nSPS) is 16.2. The molecule has 6 nitrogen and oxygen atoms in total. The first-order valence-corrected chi connectivity index (χ1v) is 6.59. The molecule has 4 N–H and O–H groups in total. The molecule has 6 heteroatoms. The summed E-state index contributed by atoms with van der Waals surface area (Å²) in [5.74, 6) is -0.0580. The van der Waals surface area contributed by atoms with Crippen LogP contribution in [0.2, 0.25) is 0 Å². The maximum atomic E-state index is 11.1. The highest BCUT2D eigenvalue weighted by molar-refractivity contribution is 6.04. The van der Waals surface area contributed by atoms with E-state index in [9.17, 15) is 9.59 Å². The Morgan fingerprint density at radius 2 is 2.10 bits per heavy atom. The molecule has 0 spiro atoms. The highest BCUT2D eigenvalue weighted by Gasteiger charge is 2.14. The van der Waals surface area contributed by atoms with Gasteiger partial charge in [0.25, 0.3) is 0 Å². The van der Waals surface area contributed by atoms with Crippen molar-refractivity contribution in [1.29, 1.82) is 0 Å². The van der Waals surface area contributed by atoms with E-state index in [4.69, 9.17) is 5.73 Å². The van der Waals surface area contributed by atoms with Crippen LogP contribution in [0.15, 0.2) is 29.4 Å². The Bertz CT molecular complexity index is 510. The highest BCUT2D eigenvalue weighted by atomic mass is 16.2. The molecule has 20 heavy (non-hydrogen) atoms. The second kappa shape index (κ2) is 6.93. The van der Waals surface area contributed by atoms with E-state index >= 15 is 0 Å². The quantitative estimate of drug-likeness (QED) is 0.640. The number of hydrogen-bond acceptors (Lipinski definition) is 5. The Morgan fingerprint density at radius 1 is 1.35 bits per heavy atom. The van der Waals surface area contributed by atoms with Gasteiger partial charge in [0.15, 0.2) is 0 Å². The third-order valence-corrected chi connectivity index (χ3v) is 3.15. The molecule has 1 atom stereocenters. The van der Waals surface area contributed by atoms with Crippen molar-refractivity contribution in [3.63, 3.8) is 0 Å². The number of amides is 1. The highest BCUT2D eigenvalue weighted by Crippen LogP contribution is 2.15. The van der Waals surface area contributed by atoms with Crippen molar-refractivity contribution >= 4 is 17.9 Å². The van der Waals surface area contributed by atoms with Gasteiger partial charge in [0.05, 0.1) is 11.8 Å². The van der Waals surface area contributed by atoms with Crippen molar-refractivity contribution in [3.05, 3.63) is 35.4 Å². The minimum absolute atomic E-state index is 0.0580. The third kappa shape index (κ3) is 3.49. The van der Waals surface area contributed by atoms with Gasteiger partial charge in [0.1, 0.15) is 6.29 Å². The van der Waals surface area contributed by atoms with E-state index in [1.54, 1.807) is 0 Å². The molecule has 0 saturated heterocycles. The van der Waals surface area contributed by atoms with Gasteiger partial charge in [0.2, 0.25) is 5.91 Å². The van der Waals surface area contributed by atoms with E-state index in [2.05, 4.69) is 15.8 Å². The van der Waals surface area contributed by atoms with Crippen molar-refractivity contribution in [2.24, 2.45) is 10.8 Å². The molecule has 1 aromatic carbocycles. The smallest absolute Gasteiger partial charge is 0.240 e. The second-order valence-corrected chi connectivity index (χ2v) is 4.57. The summed E-state index contributed by atoms with van der Waals surface area (Å²) in [6.07, 6.45) is 1.95. The topological polar surface area (TPSA) is 96.6 Å². The predicted octanol–water partition coefficient (Wildman–Crippen LogP) is 0.0890. The SMILES string of the molecule is NCCNC(C=O)c1ccc(C2=NNC(=O)CC2)cc1. The van der Waals surface area contributed by atoms with Gasteiger partial charge in [0, 0.05) is 25.9 Å². The van der Waals surface area contributed by atoms with Gasteiger partial charge in [-0.15, -0.1) is 0 Å². The van der Waals surface area contributed by atoms with E-state index in [0.717, 1.165) is 23.1 Å². The molecule has 1 aliphatic heterocycles. The van der Waals surface area contributed by atoms with Crippen molar-refractivity contribution in [3.8, 4) is 0 Å². The average Bonchev–Trinajstić information content (AvgIpc) is 2.49. The lowest BCUT2D eigenvalue weighted by Gasteiger charge is -2.15. The number of benzene rings is 1. The molecule has 1 aliphatic rings. The number of nitrogens with zero attached hydrogens (tertiary/aromatic N) is 1. The number of hydrogen-bond donors (Lipinski definition) is 3. The van der Waals surface area contributed by atoms with Crippen LogP contribution in [0.25, 0.3) is 0 Å². The lowest BCUT2D eigenvalue weighted by molar-refractivity contribution is -0.121. The van der Waals surface area contributed by atoms with Gasteiger partial charge < -0.3 is 15.8 Å². The predicted molar refractivity (Wildman–Crippen MR) is 76.2 cm³/mol. The Labute approximate surface area is 117 Å². The molecule has 0 saturated carbocycles. The number of rotatable bonds is 6. The van der Waals surface area contributed by atoms with Crippen LogP contribution in [-0.4, -0.2) is 31.0 Å². The summed E-state index contributed by atoms with van der Waals surface area (Å²) < 4.78 is 0. The van der Waals surface area contributed by atoms with Crippen LogP contribution in [0.1, 0.15) is 30.0 Å². The fourth-order valence-corrected chi connectivity index (χ4v) is 2.05. The molecule has 1 unspecified atom stereocenters. The Hall–Kier alpha value is -2.05. The summed E-state index contributed by atoms with van der Waals surface area (Å²) >= 11 is 0. The lowest BCUT2D eigenvalue weighted by Crippen LogP contribution is -2.28. The third-order valence-electron chi connectivity index (χ3n) is 3.15. The minimum Gasteiger partial charge on any atom is -0.329 e. The van der Waals surface area contributed by atoms with Gasteiger partial charge in [-0.1, -0.05) is 24.3 Å². The van der Waals surface area contributed by atoms with E-state index < -0.39 is 0 Å². The summed E-state index contributed by atoms with van der Waals surface area (Å²) in [6.45, 7) is 1.07. The fraction of sp³-hybridized carbons (Fsp3) is 0.357. The molecular formula is C14H18N4O2. The second-order valence-electron chi connectivity index (χ2n) is 4.57. The van der Waals surface area contributed by atoms with Crippen LogP contribution in [0.4, 0.5) is 0 Å². The maximum absolute atomic E-state index is 11.1. The average molecular weight is 274 g/mol. The fourth-order valence-electron chi connectivity index (χ4n) is 2.05. The zero-order chi connectivity index (χ0) is 14.4. The molecule has 0 fully saturated rings. The van der Waals surface area contributed by atoms with Crippen LogP contribution >= 0.6 is 0 Å². The summed E-state index contributed by atoms with van der Waals surface area (Å²) in [6, 6.07) is 7.24. The zero-order valence-corrected chi connectivity index (χ0v) is 11.1. The zero-order valence-electron chi connectivity index (χ0n) is 11.1. The van der Waals surface area contributed by atoms with Gasteiger partial charge in [-0.05, 0) is 11.1 Å². The number of aldehydes is 1. The van der Waals surface area contributed by atoms with Crippen LogP contribution < -0.4 is 16.5 Å². The molecule has 1 aromatic rings. The molecule has 1 amide bonds. The number of carbonyl (C=O) groups is 2. The monoisotopic (exact) mass is 274 g/mol. The Kier molecular flexibility index (Phi) is 4.97. The molecule has 0 bridgehead atoms. The van der Waals surface area contributed by atoms with E-state index in [0.29, 0.717) is 25.9 Å². The molecule has 0 aromatic heterocycles. The van der Waals surface area contributed by atoms with E-state index in [1.807, 2.05) is 24.3 Å². The summed E-state index contributed by atoms with van der Waals surface area (Å²) in [5.41, 5.74) is 10.6. The van der Waals surface area contributed by atoms with Crippen LogP contribution in [0.5, 0.6) is 0 Å². The maximum Gasteiger partial charge on any atom is 0.240 e. The van der Waals surface area contributed by atoms with Crippen LogP contribution in [-0.2, 0) is 9.59 Å². The Morgan fingerprint density at radius 3 is 2.65 bits per heavy atom. The lowest BCUT2D eigenvalue weighted by atomic mass is 10.0. The first kappa shape index (κ1) is 14.4. The first-order chi connectivity index (χ1) is 9.74. The number of nitrogens with two attached hydrogens (primary N) is 1. The van der Waals surface area contributed by atoms with Crippen LogP contribution in [0.3, 0.4) is 0 Å². The number of nitrogens with one attached hydrogen (secondary N) is 2. The number of carbonyl (C=O) groups excluding carboxylic acids is 2. The van der Waals surface area contributed by atoms with E-state index in [1.165, 1.54) is 0 Å². The standard InChI is InChI=1S/C14H18N4O2/c15-7-8-16-13(9-19)11-3-1-10(2-4-11)12-5-6-14(20)18-17-12/h1-4,9,13,16H,5-8,15H2,(H,18,20). The largest absolute Gasteiger partial charge is 0.329 e. The summed E-state index contributed by atoms with van der Waals surface area (Å²) in [5, 5.41) is 7.10. The molecule has 0 radical (unpaired) electrons. The summed E-state index contributed by atoms with van der Waals surface area (Å²) in [4.78, 5) is 22.1. The van der Waals surface area contributed by atoms with E-state index in [-0.39, 0.29) is 11.9 Å². The van der Waals surface area contributed by atoms with Crippen LogP contribution in [0, 0.1) is 0 Å². The minimum atomic E-state index is -0.347. The molecule has 1 heterocycles. The molecule has 0 aliphatic carbocycles. The van der Waals surface area contributed by atoms with Gasteiger partial charge in [-0.3, -0.25) is 4.79 Å². The first-order valence-electron chi connectivity index (χ1n) is 6.59. The van der Waals surface area contributed by atoms with Crippen molar-refractivity contribution < 1.29 is 9.59 Å². The molecule has 2 rings (SSSR count). The molecule has 106 valence electrons. The van der Waals surface area contributed by atoms with Gasteiger partial charge in [-0.2, -0.15) is 5.10 Å². The molecular weight excluding hydrogens is 256 g/mol. The summed E-state index contributed by atoms with van der Waals surface area (Å²) in [7, 11) is 0. The van der Waals surface area contributed by atoms with Crippen molar-refractivity contribution in [1.82, 2.24) is 10.7 Å². The number of hydrazone groups is 1. The van der Waals surface area contributed by atoms with Gasteiger partial charge in [-0.25, -0.2) is 5.43 Å². The van der Waals surface area contributed by atoms with Crippen molar-refractivity contribution in [2.75, 3.05) is 13.1 Å². The van der Waals surface area contributed by atoms with Crippen molar-refractivity contribution in [2.45, 2.75) is 18.9 Å².